The Kier molecular flexibility index (Phi) is 8.42. The van der Waals surface area contributed by atoms with Crippen LogP contribution in [0.15, 0.2) is 84.5 Å². The first-order valence-electron chi connectivity index (χ1n) is 12.3. The van der Waals surface area contributed by atoms with Crippen molar-refractivity contribution >= 4 is 40.3 Å². The molecule has 2 aromatic carbocycles. The fourth-order valence-electron chi connectivity index (χ4n) is 3.86. The highest BCUT2D eigenvalue weighted by atomic mass is 35.5. The number of aromatic nitrogens is 5. The van der Waals surface area contributed by atoms with Crippen molar-refractivity contribution in [3.63, 3.8) is 0 Å². The van der Waals surface area contributed by atoms with Crippen LogP contribution in [0.25, 0.3) is 10.9 Å². The van der Waals surface area contributed by atoms with Crippen LogP contribution in [0.2, 0.25) is 5.02 Å². The van der Waals surface area contributed by atoms with E-state index in [2.05, 4.69) is 36.1 Å². The van der Waals surface area contributed by atoms with Gasteiger partial charge in [0, 0.05) is 46.8 Å². The highest BCUT2D eigenvalue weighted by Gasteiger charge is 2.09. The minimum Gasteiger partial charge on any atom is -0.493 e. The molecule has 0 aliphatic rings. The van der Waals surface area contributed by atoms with Crippen molar-refractivity contribution < 1.29 is 14.3 Å². The molecular weight excluding hydrogens is 532 g/mol. The van der Waals surface area contributed by atoms with Crippen molar-refractivity contribution in [1.82, 2.24) is 30.4 Å². The highest BCUT2D eigenvalue weighted by molar-refractivity contribution is 6.31. The molecule has 0 bridgehead atoms. The predicted molar refractivity (Wildman–Crippen MR) is 152 cm³/mol. The summed E-state index contributed by atoms with van der Waals surface area (Å²) in [6, 6.07) is 16.1. The zero-order valence-corrected chi connectivity index (χ0v) is 22.2. The topological polar surface area (TPSA) is 128 Å². The first kappa shape index (κ1) is 26.6. The van der Waals surface area contributed by atoms with Crippen molar-refractivity contribution in [2.45, 2.75) is 13.2 Å². The van der Waals surface area contributed by atoms with Crippen LogP contribution in [0.3, 0.4) is 0 Å². The van der Waals surface area contributed by atoms with E-state index < -0.39 is 0 Å². The standard InChI is InChI=1S/C28H25ClN8O3/c1-39-27-14-19(16-33-35-28(38)20-6-9-30-10-7-20)2-5-26(27)40-18-22-17-37(36-34-22)13-12-32-24-8-11-31-25-15-21(29)3-4-23(24)25/h2-11,14-17H,12-13,18H2,1H3,(H,31,32)(H,35,38)/b33-16+. The van der Waals surface area contributed by atoms with Gasteiger partial charge in [0.2, 0.25) is 0 Å². The molecule has 12 heteroatoms. The minimum absolute atomic E-state index is 0.217. The van der Waals surface area contributed by atoms with Crippen LogP contribution in [-0.4, -0.2) is 50.7 Å². The Morgan fingerprint density at radius 3 is 2.80 bits per heavy atom. The summed E-state index contributed by atoms with van der Waals surface area (Å²) in [5, 5.41) is 17.5. The van der Waals surface area contributed by atoms with Crippen LogP contribution < -0.4 is 20.2 Å². The summed E-state index contributed by atoms with van der Waals surface area (Å²) < 4.78 is 13.1. The molecule has 2 N–H and O–H groups in total. The monoisotopic (exact) mass is 556 g/mol. The Balaban J connectivity index is 1.12. The fraction of sp³-hybridized carbons (Fsp3) is 0.143. The maximum atomic E-state index is 12.1. The Labute approximate surface area is 234 Å². The van der Waals surface area contributed by atoms with Crippen LogP contribution in [-0.2, 0) is 13.2 Å². The van der Waals surface area contributed by atoms with Crippen molar-refractivity contribution in [1.29, 1.82) is 0 Å². The highest BCUT2D eigenvalue weighted by Crippen LogP contribution is 2.28. The first-order valence-corrected chi connectivity index (χ1v) is 12.7. The number of hydrogen-bond acceptors (Lipinski definition) is 9. The van der Waals surface area contributed by atoms with Gasteiger partial charge in [0.05, 0.1) is 31.6 Å². The van der Waals surface area contributed by atoms with E-state index in [4.69, 9.17) is 21.1 Å². The largest absolute Gasteiger partial charge is 0.493 e. The molecule has 5 rings (SSSR count). The molecule has 0 radical (unpaired) electrons. The minimum atomic E-state index is -0.328. The van der Waals surface area contributed by atoms with Gasteiger partial charge in [0.1, 0.15) is 12.3 Å². The van der Waals surface area contributed by atoms with Gasteiger partial charge in [0.25, 0.3) is 5.91 Å². The number of rotatable bonds is 11. The van der Waals surface area contributed by atoms with Crippen molar-refractivity contribution in [2.75, 3.05) is 19.0 Å². The number of nitrogens with zero attached hydrogens (tertiary/aromatic N) is 6. The molecule has 0 unspecified atom stereocenters. The van der Waals surface area contributed by atoms with Gasteiger partial charge in [-0.25, -0.2) is 5.43 Å². The number of ether oxygens (including phenoxy) is 2. The second-order valence-electron chi connectivity index (χ2n) is 8.55. The number of pyridine rings is 2. The maximum absolute atomic E-state index is 12.1. The number of methoxy groups -OCH3 is 1. The summed E-state index contributed by atoms with van der Waals surface area (Å²) >= 11 is 6.08. The molecule has 3 aromatic heterocycles. The Morgan fingerprint density at radius 1 is 1.07 bits per heavy atom. The van der Waals surface area contributed by atoms with Crippen LogP contribution in [0.1, 0.15) is 21.6 Å². The number of halogens is 1. The number of nitrogens with one attached hydrogen (secondary N) is 2. The van der Waals surface area contributed by atoms with Gasteiger partial charge in [-0.15, -0.1) is 5.10 Å². The Morgan fingerprint density at radius 2 is 1.95 bits per heavy atom. The number of amides is 1. The smallest absolute Gasteiger partial charge is 0.271 e. The third-order valence-electron chi connectivity index (χ3n) is 5.83. The lowest BCUT2D eigenvalue weighted by molar-refractivity contribution is 0.0955. The molecule has 0 spiro atoms. The van der Waals surface area contributed by atoms with E-state index in [0.717, 1.165) is 22.2 Å². The van der Waals surface area contributed by atoms with E-state index in [-0.39, 0.29) is 12.5 Å². The molecule has 202 valence electrons. The SMILES string of the molecule is COc1cc(/C=N/NC(=O)c2ccncc2)ccc1OCc1cn(CCNc2ccnc3cc(Cl)ccc23)nn1. The van der Waals surface area contributed by atoms with Gasteiger partial charge < -0.3 is 14.8 Å². The molecule has 1 amide bonds. The van der Waals surface area contributed by atoms with Crippen LogP contribution in [0.5, 0.6) is 11.5 Å². The van der Waals surface area contributed by atoms with Crippen LogP contribution >= 0.6 is 11.6 Å². The van der Waals surface area contributed by atoms with Gasteiger partial charge >= 0.3 is 0 Å². The van der Waals surface area contributed by atoms with Gasteiger partial charge in [-0.05, 0) is 60.2 Å². The molecule has 3 heterocycles. The van der Waals surface area contributed by atoms with E-state index in [9.17, 15) is 4.79 Å². The molecule has 5 aromatic rings. The summed E-state index contributed by atoms with van der Waals surface area (Å²) in [5.74, 6) is 0.735. The number of hydrogen-bond donors (Lipinski definition) is 2. The van der Waals surface area contributed by atoms with E-state index in [1.807, 2.05) is 30.5 Å². The van der Waals surface area contributed by atoms with E-state index >= 15 is 0 Å². The Hall–Kier alpha value is -5.03. The summed E-state index contributed by atoms with van der Waals surface area (Å²) in [5.41, 5.74) is 6.16. The number of benzene rings is 2. The van der Waals surface area contributed by atoms with Gasteiger partial charge in [-0.3, -0.25) is 19.4 Å². The van der Waals surface area contributed by atoms with E-state index in [1.54, 1.807) is 60.7 Å². The molecule has 0 fully saturated rings. The number of carbonyl (C=O) groups excluding carboxylic acids is 1. The molecule has 0 aliphatic carbocycles. The Bertz CT molecular complexity index is 1640. The number of fused-ring (bicyclic) bond motifs is 1. The number of carbonyl (C=O) groups is 1. The molecule has 0 aliphatic heterocycles. The molecular formula is C28H25ClN8O3. The number of hydrazone groups is 1. The third-order valence-corrected chi connectivity index (χ3v) is 6.07. The predicted octanol–water partition coefficient (Wildman–Crippen LogP) is 4.34. The molecule has 0 atom stereocenters. The lowest BCUT2D eigenvalue weighted by Gasteiger charge is -2.10. The zero-order chi connectivity index (χ0) is 27.7. The molecule has 11 nitrogen and oxygen atoms in total. The molecule has 0 saturated heterocycles. The quantitative estimate of drug-likeness (QED) is 0.182. The number of anilines is 1. The van der Waals surface area contributed by atoms with Gasteiger partial charge in [-0.2, -0.15) is 5.10 Å². The molecule has 40 heavy (non-hydrogen) atoms. The summed E-state index contributed by atoms with van der Waals surface area (Å²) in [7, 11) is 1.55. The summed E-state index contributed by atoms with van der Waals surface area (Å²) in [6.07, 6.45) is 8.20. The second-order valence-corrected chi connectivity index (χ2v) is 8.99. The van der Waals surface area contributed by atoms with Crippen LogP contribution in [0, 0.1) is 0 Å². The normalized spacial score (nSPS) is 11.1. The van der Waals surface area contributed by atoms with Gasteiger partial charge in [0.15, 0.2) is 11.5 Å². The first-order chi connectivity index (χ1) is 19.6. The fourth-order valence-corrected chi connectivity index (χ4v) is 4.03. The van der Waals surface area contributed by atoms with Crippen molar-refractivity contribution in [2.24, 2.45) is 5.10 Å². The zero-order valence-electron chi connectivity index (χ0n) is 21.5. The van der Waals surface area contributed by atoms with Crippen molar-refractivity contribution in [3.8, 4) is 11.5 Å². The molecule has 0 saturated carbocycles. The van der Waals surface area contributed by atoms with E-state index in [0.29, 0.717) is 40.9 Å². The third kappa shape index (κ3) is 6.69. The van der Waals surface area contributed by atoms with E-state index in [1.165, 1.54) is 6.21 Å². The average molecular weight is 557 g/mol. The summed E-state index contributed by atoms with van der Waals surface area (Å²) in [4.78, 5) is 20.4. The second kappa shape index (κ2) is 12.7. The van der Waals surface area contributed by atoms with Gasteiger partial charge in [-0.1, -0.05) is 16.8 Å². The lowest BCUT2D eigenvalue weighted by atomic mass is 10.2. The van der Waals surface area contributed by atoms with Crippen molar-refractivity contribution in [3.05, 3.63) is 101 Å². The maximum Gasteiger partial charge on any atom is 0.271 e. The average Bonchev–Trinajstić information content (AvgIpc) is 3.44. The lowest BCUT2D eigenvalue weighted by Crippen LogP contribution is -2.17. The van der Waals surface area contributed by atoms with Crippen LogP contribution in [0.4, 0.5) is 5.69 Å². The summed E-state index contributed by atoms with van der Waals surface area (Å²) in [6.45, 7) is 1.47.